The van der Waals surface area contributed by atoms with Crippen LogP contribution < -0.4 is 11.1 Å². The molecule has 0 amide bonds. The molecule has 4 rings (SSSR count). The number of nitrogens with one attached hydrogen (secondary N) is 1. The van der Waals surface area contributed by atoms with Crippen LogP contribution in [0, 0.1) is 0 Å². The fourth-order valence-electron chi connectivity index (χ4n) is 3.07. The van der Waals surface area contributed by atoms with E-state index < -0.39 is 31.1 Å². The second-order valence-electron chi connectivity index (χ2n) is 6.24. The smallest absolute Gasteiger partial charge is 0.226 e. The monoisotopic (exact) mass is 392 g/mol. The van der Waals surface area contributed by atoms with Gasteiger partial charge >= 0.3 is 0 Å². The van der Waals surface area contributed by atoms with Crippen molar-refractivity contribution in [2.24, 2.45) is 0 Å². The van der Waals surface area contributed by atoms with E-state index in [0.29, 0.717) is 23.7 Å². The summed E-state index contributed by atoms with van der Waals surface area (Å²) in [6, 6.07) is 4.06. The number of anilines is 2. The molecule has 11 heteroatoms. The number of aliphatic hydroxyl groups excluding tert-OH is 3. The lowest BCUT2D eigenvalue weighted by Crippen LogP contribution is -2.33. The number of nitrogen functional groups attached to an aromatic ring is 1. The first-order valence-electron chi connectivity index (χ1n) is 8.47. The van der Waals surface area contributed by atoms with Gasteiger partial charge < -0.3 is 31.1 Å². The number of fused-ring (bicyclic) bond motifs is 1. The highest BCUT2D eigenvalue weighted by Gasteiger charge is 2.44. The lowest BCUT2D eigenvalue weighted by Gasteiger charge is -2.16. The maximum Gasteiger partial charge on any atom is 0.226 e. The van der Waals surface area contributed by atoms with Crippen LogP contribution in [0.25, 0.3) is 11.2 Å². The molecule has 4 atom stereocenters. The summed E-state index contributed by atoms with van der Waals surface area (Å²) < 4.78 is 7.04. The number of thiophene rings is 1. The van der Waals surface area contributed by atoms with Gasteiger partial charge in [0.2, 0.25) is 5.95 Å². The van der Waals surface area contributed by atoms with Gasteiger partial charge in [-0.2, -0.15) is 9.97 Å². The van der Waals surface area contributed by atoms with E-state index in [1.54, 1.807) is 11.3 Å². The molecule has 1 aliphatic heterocycles. The van der Waals surface area contributed by atoms with Crippen molar-refractivity contribution in [3.63, 3.8) is 0 Å². The van der Waals surface area contributed by atoms with E-state index in [4.69, 9.17) is 10.5 Å². The van der Waals surface area contributed by atoms with Crippen LogP contribution in [-0.2, 0) is 11.2 Å². The first-order valence-corrected chi connectivity index (χ1v) is 9.35. The van der Waals surface area contributed by atoms with Gasteiger partial charge in [0.1, 0.15) is 23.8 Å². The summed E-state index contributed by atoms with van der Waals surface area (Å²) in [4.78, 5) is 14.1. The standard InChI is InChI=1S/C16H20N6O4S/c17-13-10-14(21-16(20-13)18-4-3-8-2-1-5-27-8)22(7-19-10)15-12(25)11(24)9(6-23)26-15/h1-2,5,7,9,11-12,15,23-25H,3-4,6H2,(H3,17,18,20,21)/t9-,11-,12-,15-/m1/s1. The quantitative estimate of drug-likeness (QED) is 0.382. The Hall–Kier alpha value is -2.31. The van der Waals surface area contributed by atoms with E-state index in [-0.39, 0.29) is 5.82 Å². The van der Waals surface area contributed by atoms with Crippen LogP contribution in [0.15, 0.2) is 23.8 Å². The van der Waals surface area contributed by atoms with Gasteiger partial charge in [0.15, 0.2) is 17.7 Å². The minimum atomic E-state index is -1.23. The van der Waals surface area contributed by atoms with E-state index in [1.807, 2.05) is 11.4 Å². The molecular weight excluding hydrogens is 372 g/mol. The Bertz CT molecular complexity index is 917. The fourth-order valence-corrected chi connectivity index (χ4v) is 3.77. The van der Waals surface area contributed by atoms with Gasteiger partial charge in [0.05, 0.1) is 12.9 Å². The number of hydrogen-bond donors (Lipinski definition) is 5. The molecule has 0 aromatic carbocycles. The average Bonchev–Trinajstić information content (AvgIpc) is 3.37. The normalized spacial score (nSPS) is 25.3. The zero-order valence-corrected chi connectivity index (χ0v) is 15.1. The molecule has 3 aromatic rings. The van der Waals surface area contributed by atoms with Crippen molar-refractivity contribution in [3.05, 3.63) is 28.7 Å². The van der Waals surface area contributed by atoms with Crippen molar-refractivity contribution in [3.8, 4) is 0 Å². The van der Waals surface area contributed by atoms with Gasteiger partial charge in [-0.05, 0) is 17.9 Å². The van der Waals surface area contributed by atoms with Crippen molar-refractivity contribution >= 4 is 34.3 Å². The Balaban J connectivity index is 1.58. The molecule has 0 spiro atoms. The maximum atomic E-state index is 10.3. The topological polar surface area (TPSA) is 152 Å². The van der Waals surface area contributed by atoms with Gasteiger partial charge in [-0.1, -0.05) is 6.07 Å². The lowest BCUT2D eigenvalue weighted by molar-refractivity contribution is -0.0511. The second-order valence-corrected chi connectivity index (χ2v) is 7.27. The van der Waals surface area contributed by atoms with Crippen molar-refractivity contribution < 1.29 is 20.1 Å². The molecule has 1 fully saturated rings. The van der Waals surface area contributed by atoms with Crippen LogP contribution in [0.4, 0.5) is 11.8 Å². The number of aromatic nitrogens is 4. The number of nitrogens with zero attached hydrogens (tertiary/aromatic N) is 4. The molecule has 0 unspecified atom stereocenters. The van der Waals surface area contributed by atoms with Gasteiger partial charge in [-0.15, -0.1) is 11.3 Å². The molecule has 1 saturated heterocycles. The van der Waals surface area contributed by atoms with Crippen molar-refractivity contribution in [1.82, 2.24) is 19.5 Å². The Morgan fingerprint density at radius 2 is 2.15 bits per heavy atom. The molecule has 0 bridgehead atoms. The zero-order valence-electron chi connectivity index (χ0n) is 14.3. The minimum absolute atomic E-state index is 0.198. The summed E-state index contributed by atoms with van der Waals surface area (Å²) in [5, 5.41) is 34.7. The second kappa shape index (κ2) is 7.37. The van der Waals surface area contributed by atoms with Crippen molar-refractivity contribution in [1.29, 1.82) is 0 Å². The van der Waals surface area contributed by atoms with Crippen LogP contribution in [0.5, 0.6) is 0 Å². The molecule has 0 saturated carbocycles. The van der Waals surface area contributed by atoms with E-state index >= 15 is 0 Å². The Labute approximate surface area is 158 Å². The fraction of sp³-hybridized carbons (Fsp3) is 0.438. The Morgan fingerprint density at radius 1 is 1.30 bits per heavy atom. The highest BCUT2D eigenvalue weighted by Crippen LogP contribution is 2.32. The molecule has 4 heterocycles. The molecular formula is C16H20N6O4S. The summed E-state index contributed by atoms with van der Waals surface area (Å²) in [6.45, 7) is 0.224. The summed E-state index contributed by atoms with van der Waals surface area (Å²) in [5.74, 6) is 0.536. The van der Waals surface area contributed by atoms with Crippen LogP contribution >= 0.6 is 11.3 Å². The van der Waals surface area contributed by atoms with Crippen molar-refractivity contribution in [2.75, 3.05) is 24.2 Å². The van der Waals surface area contributed by atoms with Gasteiger partial charge in [0.25, 0.3) is 0 Å². The summed E-state index contributed by atoms with van der Waals surface area (Å²) >= 11 is 1.68. The number of ether oxygens (including phenoxy) is 1. The van der Waals surface area contributed by atoms with E-state index in [2.05, 4.69) is 26.3 Å². The lowest BCUT2D eigenvalue weighted by atomic mass is 10.1. The van der Waals surface area contributed by atoms with Crippen molar-refractivity contribution in [2.45, 2.75) is 31.0 Å². The highest BCUT2D eigenvalue weighted by atomic mass is 32.1. The third-order valence-electron chi connectivity index (χ3n) is 4.47. The van der Waals surface area contributed by atoms with Crippen LogP contribution in [0.3, 0.4) is 0 Å². The molecule has 3 aromatic heterocycles. The number of nitrogens with two attached hydrogens (primary N) is 1. The molecule has 144 valence electrons. The first-order chi connectivity index (χ1) is 13.1. The van der Waals surface area contributed by atoms with E-state index in [1.165, 1.54) is 15.8 Å². The summed E-state index contributed by atoms with van der Waals surface area (Å²) in [6.07, 6.45) is -2.01. The maximum absolute atomic E-state index is 10.3. The Kier molecular flexibility index (Phi) is 4.93. The number of imidazole rings is 1. The van der Waals surface area contributed by atoms with Gasteiger partial charge in [0, 0.05) is 11.4 Å². The molecule has 0 aliphatic carbocycles. The third kappa shape index (κ3) is 3.35. The first kappa shape index (κ1) is 18.1. The molecule has 10 nitrogen and oxygen atoms in total. The summed E-state index contributed by atoms with van der Waals surface area (Å²) in [7, 11) is 0. The Morgan fingerprint density at radius 3 is 2.85 bits per heavy atom. The van der Waals surface area contributed by atoms with Gasteiger partial charge in [-0.3, -0.25) is 4.57 Å². The minimum Gasteiger partial charge on any atom is -0.394 e. The third-order valence-corrected chi connectivity index (χ3v) is 5.41. The SMILES string of the molecule is Nc1nc(NCCc2cccs2)nc2c1ncn2[C@@H]1O[C@H](CO)[C@@H](O)[C@H]1O. The van der Waals surface area contributed by atoms with Crippen LogP contribution in [-0.4, -0.2) is 66.3 Å². The predicted molar refractivity (Wildman–Crippen MR) is 99.3 cm³/mol. The molecule has 6 N–H and O–H groups in total. The largest absolute Gasteiger partial charge is 0.394 e. The van der Waals surface area contributed by atoms with Gasteiger partial charge in [-0.25, -0.2) is 4.98 Å². The number of hydrogen-bond acceptors (Lipinski definition) is 10. The van der Waals surface area contributed by atoms with E-state index in [9.17, 15) is 15.3 Å². The summed E-state index contributed by atoms with van der Waals surface area (Å²) in [5.41, 5.74) is 6.74. The number of aliphatic hydroxyl groups is 3. The molecule has 27 heavy (non-hydrogen) atoms. The number of rotatable bonds is 6. The van der Waals surface area contributed by atoms with Crippen LogP contribution in [0.1, 0.15) is 11.1 Å². The van der Waals surface area contributed by atoms with E-state index in [0.717, 1.165) is 6.42 Å². The predicted octanol–water partition coefficient (Wildman–Crippen LogP) is -0.264. The highest BCUT2D eigenvalue weighted by molar-refractivity contribution is 7.09. The molecule has 1 aliphatic rings. The van der Waals surface area contributed by atoms with Crippen LogP contribution in [0.2, 0.25) is 0 Å². The molecule has 0 radical (unpaired) electrons. The zero-order chi connectivity index (χ0) is 19.0. The average molecular weight is 392 g/mol.